The number of hydrogen-bond acceptors (Lipinski definition) is 3. The average molecular weight is 421 g/mol. The maximum absolute atomic E-state index is 12.7. The van der Waals surface area contributed by atoms with E-state index in [1.165, 1.54) is 19.3 Å². The van der Waals surface area contributed by atoms with Gasteiger partial charge in [0.05, 0.1) is 6.10 Å². The van der Waals surface area contributed by atoms with Crippen LogP contribution in [0.3, 0.4) is 0 Å². The highest BCUT2D eigenvalue weighted by molar-refractivity contribution is 6.30. The summed E-state index contributed by atoms with van der Waals surface area (Å²) in [5.74, 6) is 0.0739. The third-order valence-corrected chi connectivity index (χ3v) is 6.08. The van der Waals surface area contributed by atoms with Gasteiger partial charge in [0.1, 0.15) is 0 Å². The molecule has 0 saturated heterocycles. The fourth-order valence-electron chi connectivity index (χ4n) is 3.96. The van der Waals surface area contributed by atoms with Crippen molar-refractivity contribution < 1.29 is 9.53 Å². The first-order valence-electron chi connectivity index (χ1n) is 10.9. The Morgan fingerprint density at radius 2 is 1.76 bits per heavy atom. The fraction of sp³-hybridized carbons (Fsp3) is 0.625. The Morgan fingerprint density at radius 1 is 1.10 bits per heavy atom. The van der Waals surface area contributed by atoms with Crippen LogP contribution < -0.4 is 0 Å². The van der Waals surface area contributed by atoms with Crippen LogP contribution in [0, 0.1) is 0 Å². The van der Waals surface area contributed by atoms with Crippen molar-refractivity contribution in [1.82, 2.24) is 9.80 Å². The summed E-state index contributed by atoms with van der Waals surface area (Å²) in [6.45, 7) is 6.73. The average Bonchev–Trinajstić information content (AvgIpc) is 2.73. The Hall–Kier alpha value is -1.36. The first kappa shape index (κ1) is 23.9. The molecule has 29 heavy (non-hydrogen) atoms. The highest BCUT2D eigenvalue weighted by Crippen LogP contribution is 2.26. The second-order valence-electron chi connectivity index (χ2n) is 8.19. The Labute approximate surface area is 181 Å². The predicted molar refractivity (Wildman–Crippen MR) is 122 cm³/mol. The summed E-state index contributed by atoms with van der Waals surface area (Å²) in [5.41, 5.74) is 0.700. The zero-order valence-electron chi connectivity index (χ0n) is 18.1. The first-order chi connectivity index (χ1) is 14.0. The number of hydrogen-bond donors (Lipinski definition) is 0. The lowest BCUT2D eigenvalue weighted by Gasteiger charge is -2.34. The summed E-state index contributed by atoms with van der Waals surface area (Å²) >= 11 is 5.92. The molecule has 0 aliphatic heterocycles. The van der Waals surface area contributed by atoms with Gasteiger partial charge in [-0.05, 0) is 76.4 Å². The van der Waals surface area contributed by atoms with Gasteiger partial charge in [-0.15, -0.1) is 6.58 Å². The molecule has 1 fully saturated rings. The third kappa shape index (κ3) is 8.49. The van der Waals surface area contributed by atoms with E-state index in [0.29, 0.717) is 22.7 Å². The normalized spacial score (nSPS) is 19.3. The van der Waals surface area contributed by atoms with Crippen molar-refractivity contribution >= 4 is 17.5 Å². The van der Waals surface area contributed by atoms with E-state index in [1.54, 1.807) is 24.3 Å². The van der Waals surface area contributed by atoms with Crippen LogP contribution in [-0.4, -0.2) is 61.6 Å². The van der Waals surface area contributed by atoms with Crippen molar-refractivity contribution in [3.05, 3.63) is 47.5 Å². The number of benzene rings is 1. The Morgan fingerprint density at radius 3 is 2.41 bits per heavy atom. The lowest BCUT2D eigenvalue weighted by Crippen LogP contribution is -2.40. The molecule has 4 nitrogen and oxygen atoms in total. The molecule has 1 aliphatic carbocycles. The van der Waals surface area contributed by atoms with Gasteiger partial charge in [0.15, 0.2) is 0 Å². The van der Waals surface area contributed by atoms with Gasteiger partial charge in [-0.1, -0.05) is 30.5 Å². The molecule has 1 saturated carbocycles. The molecule has 0 unspecified atom stereocenters. The maximum atomic E-state index is 12.7. The van der Waals surface area contributed by atoms with Crippen LogP contribution in [0.25, 0.3) is 0 Å². The van der Waals surface area contributed by atoms with Crippen LogP contribution >= 0.6 is 11.6 Å². The van der Waals surface area contributed by atoms with E-state index in [1.807, 2.05) is 18.0 Å². The number of carbonyl (C=O) groups excluding carboxylic acids is 1. The van der Waals surface area contributed by atoms with Crippen LogP contribution in [0.4, 0.5) is 0 Å². The molecule has 0 bridgehead atoms. The summed E-state index contributed by atoms with van der Waals surface area (Å²) in [5, 5.41) is 0.655. The Bertz CT molecular complexity index is 612. The van der Waals surface area contributed by atoms with Gasteiger partial charge >= 0.3 is 0 Å². The molecule has 2 rings (SSSR count). The van der Waals surface area contributed by atoms with Gasteiger partial charge in [0.25, 0.3) is 5.91 Å². The molecule has 1 aliphatic rings. The Kier molecular flexibility index (Phi) is 10.8. The number of unbranched alkanes of at least 4 members (excludes halogenated alkanes) is 3. The van der Waals surface area contributed by atoms with Gasteiger partial charge in [-0.2, -0.15) is 0 Å². The summed E-state index contributed by atoms with van der Waals surface area (Å²) in [7, 11) is 4.05. The van der Waals surface area contributed by atoms with Gasteiger partial charge in [-0.25, -0.2) is 0 Å². The highest BCUT2D eigenvalue weighted by atomic mass is 35.5. The third-order valence-electron chi connectivity index (χ3n) is 5.83. The SMILES string of the molecule is C=CCN(C)CCCCCCO[C@H]1CC[C@H](N(C)C(=O)c2ccc(Cl)cc2)CC1. The second kappa shape index (κ2) is 13.0. The van der Waals surface area contributed by atoms with E-state index in [4.69, 9.17) is 16.3 Å². The number of amides is 1. The number of halogens is 1. The zero-order chi connectivity index (χ0) is 21.1. The molecule has 0 radical (unpaired) electrons. The molecule has 0 atom stereocenters. The topological polar surface area (TPSA) is 32.8 Å². The van der Waals surface area contributed by atoms with Gasteiger partial charge in [-0.3, -0.25) is 4.79 Å². The van der Waals surface area contributed by atoms with E-state index in [-0.39, 0.29) is 5.91 Å². The standard InChI is InChI=1S/C24H37ClN2O2/c1-4-17-26(2)18-7-5-6-8-19-29-23-15-13-22(14-16-23)27(3)24(28)20-9-11-21(25)12-10-20/h4,9-12,22-23H,1,5-8,13-19H2,2-3H3/t22-,23-. The van der Waals surface area contributed by atoms with E-state index < -0.39 is 0 Å². The monoisotopic (exact) mass is 420 g/mol. The minimum atomic E-state index is 0.0739. The van der Waals surface area contributed by atoms with Crippen molar-refractivity contribution in [3.8, 4) is 0 Å². The molecule has 0 N–H and O–H groups in total. The quantitative estimate of drug-likeness (QED) is 0.334. The maximum Gasteiger partial charge on any atom is 0.253 e. The van der Waals surface area contributed by atoms with Crippen LogP contribution in [0.1, 0.15) is 61.7 Å². The number of carbonyl (C=O) groups is 1. The Balaban J connectivity index is 1.57. The van der Waals surface area contributed by atoms with E-state index in [9.17, 15) is 4.79 Å². The van der Waals surface area contributed by atoms with Crippen molar-refractivity contribution in [2.45, 2.75) is 63.5 Å². The van der Waals surface area contributed by atoms with Crippen LogP contribution in [0.2, 0.25) is 5.02 Å². The van der Waals surface area contributed by atoms with Crippen LogP contribution in [0.15, 0.2) is 36.9 Å². The smallest absolute Gasteiger partial charge is 0.253 e. The summed E-state index contributed by atoms with van der Waals surface area (Å²) in [4.78, 5) is 16.9. The minimum absolute atomic E-state index is 0.0739. The largest absolute Gasteiger partial charge is 0.378 e. The van der Waals surface area contributed by atoms with Crippen molar-refractivity contribution in [1.29, 1.82) is 0 Å². The van der Waals surface area contributed by atoms with Crippen molar-refractivity contribution in [2.75, 3.05) is 33.8 Å². The number of rotatable bonds is 12. The van der Waals surface area contributed by atoms with Crippen LogP contribution in [-0.2, 0) is 4.74 Å². The lowest BCUT2D eigenvalue weighted by molar-refractivity contribution is 0.00908. The van der Waals surface area contributed by atoms with E-state index >= 15 is 0 Å². The van der Waals surface area contributed by atoms with E-state index in [0.717, 1.165) is 51.8 Å². The molecule has 1 amide bonds. The van der Waals surface area contributed by atoms with E-state index in [2.05, 4.69) is 18.5 Å². The second-order valence-corrected chi connectivity index (χ2v) is 8.63. The molecule has 162 valence electrons. The minimum Gasteiger partial charge on any atom is -0.378 e. The summed E-state index contributed by atoms with van der Waals surface area (Å²) in [6, 6.07) is 7.44. The van der Waals surface area contributed by atoms with Gasteiger partial charge in [0.2, 0.25) is 0 Å². The number of ether oxygens (including phenoxy) is 1. The fourth-order valence-corrected chi connectivity index (χ4v) is 4.09. The molecule has 0 heterocycles. The number of likely N-dealkylation sites (N-methyl/N-ethyl adjacent to an activating group) is 1. The zero-order valence-corrected chi connectivity index (χ0v) is 18.9. The number of nitrogens with zero attached hydrogens (tertiary/aromatic N) is 2. The van der Waals surface area contributed by atoms with Crippen molar-refractivity contribution in [2.24, 2.45) is 0 Å². The van der Waals surface area contributed by atoms with Gasteiger partial charge in [0, 0.05) is 36.8 Å². The first-order valence-corrected chi connectivity index (χ1v) is 11.3. The summed E-state index contributed by atoms with van der Waals surface area (Å²) < 4.78 is 6.09. The highest BCUT2D eigenvalue weighted by Gasteiger charge is 2.27. The van der Waals surface area contributed by atoms with Crippen molar-refractivity contribution in [3.63, 3.8) is 0 Å². The molecule has 1 aromatic rings. The molecule has 0 aromatic heterocycles. The summed E-state index contributed by atoms with van der Waals surface area (Å²) in [6.07, 6.45) is 11.3. The van der Waals surface area contributed by atoms with Gasteiger partial charge < -0.3 is 14.5 Å². The lowest BCUT2D eigenvalue weighted by atomic mass is 9.91. The predicted octanol–water partition coefficient (Wildman–Crippen LogP) is 5.42. The molecular weight excluding hydrogens is 384 g/mol. The molecule has 1 aromatic carbocycles. The van der Waals surface area contributed by atoms with Crippen LogP contribution in [0.5, 0.6) is 0 Å². The molecule has 0 spiro atoms. The molecular formula is C24H37ClN2O2. The molecule has 5 heteroatoms.